The van der Waals surface area contributed by atoms with Crippen LogP contribution in [0.2, 0.25) is 5.02 Å². The zero-order valence-corrected chi connectivity index (χ0v) is 13.5. The quantitative estimate of drug-likeness (QED) is 0.806. The van der Waals surface area contributed by atoms with Gasteiger partial charge >= 0.3 is 6.09 Å². The summed E-state index contributed by atoms with van der Waals surface area (Å²) in [5.74, 6) is -0.440. The van der Waals surface area contributed by atoms with E-state index in [0.29, 0.717) is 16.1 Å². The molecule has 0 fully saturated rings. The molecule has 0 heterocycles. The summed E-state index contributed by atoms with van der Waals surface area (Å²) in [4.78, 5) is 36.3. The molecule has 5 nitrogen and oxygen atoms in total. The van der Waals surface area contributed by atoms with Crippen molar-refractivity contribution >= 4 is 29.3 Å². The Hall–Kier alpha value is -1.88. The van der Waals surface area contributed by atoms with E-state index in [2.05, 4.69) is 5.32 Å². The Morgan fingerprint density at radius 3 is 2.64 bits per heavy atom. The van der Waals surface area contributed by atoms with Gasteiger partial charge < -0.3 is 10.1 Å². The molecule has 118 valence electrons. The van der Waals surface area contributed by atoms with Gasteiger partial charge in [0.25, 0.3) is 0 Å². The maximum atomic E-state index is 12.3. The lowest BCUT2D eigenvalue weighted by Gasteiger charge is -2.22. The molecule has 0 aromatic heterocycles. The van der Waals surface area contributed by atoms with Crippen molar-refractivity contribution < 1.29 is 19.1 Å². The molecular weight excluding hydrogens is 306 g/mol. The summed E-state index contributed by atoms with van der Waals surface area (Å²) in [7, 11) is 0. The molecule has 0 saturated carbocycles. The highest BCUT2D eigenvalue weighted by atomic mass is 35.5. The number of Topliss-reactive ketones (excluding diaryl/α,β-unsaturated/α-hetero) is 2. The minimum Gasteiger partial charge on any atom is -0.444 e. The van der Waals surface area contributed by atoms with Crippen LogP contribution in [0.1, 0.15) is 43.1 Å². The third-order valence-electron chi connectivity index (χ3n) is 3.21. The number of alkyl carbamates (subject to hydrolysis) is 1. The lowest BCUT2D eigenvalue weighted by atomic mass is 10.0. The van der Waals surface area contributed by atoms with Gasteiger partial charge in [0, 0.05) is 23.4 Å². The van der Waals surface area contributed by atoms with Crippen molar-refractivity contribution in [3.8, 4) is 0 Å². The van der Waals surface area contributed by atoms with E-state index in [1.165, 1.54) is 0 Å². The molecule has 1 aromatic carbocycles. The molecule has 1 aliphatic rings. The van der Waals surface area contributed by atoms with Gasteiger partial charge in [0.1, 0.15) is 5.60 Å². The minimum absolute atomic E-state index is 0.0821. The van der Waals surface area contributed by atoms with Gasteiger partial charge in [-0.3, -0.25) is 9.59 Å². The molecule has 1 N–H and O–H groups in total. The average molecular weight is 324 g/mol. The van der Waals surface area contributed by atoms with Crippen LogP contribution in [-0.4, -0.2) is 29.3 Å². The van der Waals surface area contributed by atoms with Crippen LogP contribution in [0.3, 0.4) is 0 Å². The number of hydrogen-bond donors (Lipinski definition) is 1. The van der Waals surface area contributed by atoms with E-state index in [-0.39, 0.29) is 24.4 Å². The Morgan fingerprint density at radius 1 is 1.32 bits per heavy atom. The van der Waals surface area contributed by atoms with E-state index in [1.807, 2.05) is 0 Å². The first-order chi connectivity index (χ1) is 10.2. The number of fused-ring (bicyclic) bond motifs is 1. The van der Waals surface area contributed by atoms with Crippen molar-refractivity contribution in [3.05, 3.63) is 34.3 Å². The second-order valence-corrected chi connectivity index (χ2v) is 6.71. The second-order valence-electron chi connectivity index (χ2n) is 6.27. The topological polar surface area (TPSA) is 72.5 Å². The standard InChI is InChI=1S/C16H18ClNO4/c1-16(2,3)22-15(21)18-12-8-13(19)11-7-10(17)5-4-9(11)6-14(12)20/h4-5,7,12H,6,8H2,1-3H3,(H,18,21). The van der Waals surface area contributed by atoms with Crippen molar-refractivity contribution in [3.63, 3.8) is 0 Å². The minimum atomic E-state index is -0.881. The number of benzene rings is 1. The first-order valence-corrected chi connectivity index (χ1v) is 7.37. The van der Waals surface area contributed by atoms with Gasteiger partial charge in [-0.25, -0.2) is 4.79 Å². The van der Waals surface area contributed by atoms with Crippen molar-refractivity contribution in [1.82, 2.24) is 5.32 Å². The zero-order chi connectivity index (χ0) is 16.5. The maximum absolute atomic E-state index is 12.3. The zero-order valence-electron chi connectivity index (χ0n) is 12.7. The summed E-state index contributed by atoms with van der Waals surface area (Å²) in [6.07, 6.45) is -0.716. The third kappa shape index (κ3) is 4.07. The molecule has 1 aliphatic carbocycles. The fraction of sp³-hybridized carbons (Fsp3) is 0.438. The summed E-state index contributed by atoms with van der Waals surface area (Å²) < 4.78 is 5.13. The number of halogens is 1. The molecule has 0 aliphatic heterocycles. The van der Waals surface area contributed by atoms with Gasteiger partial charge in [-0.1, -0.05) is 17.7 Å². The number of nitrogens with one attached hydrogen (secondary N) is 1. The van der Waals surface area contributed by atoms with Crippen LogP contribution >= 0.6 is 11.6 Å². The van der Waals surface area contributed by atoms with E-state index >= 15 is 0 Å². The molecule has 6 heteroatoms. The number of rotatable bonds is 1. The van der Waals surface area contributed by atoms with Gasteiger partial charge in [-0.2, -0.15) is 0 Å². The van der Waals surface area contributed by atoms with E-state index in [1.54, 1.807) is 39.0 Å². The molecule has 0 bridgehead atoms. The molecule has 0 saturated heterocycles. The Bertz CT molecular complexity index is 634. The van der Waals surface area contributed by atoms with Gasteiger partial charge in [-0.05, 0) is 38.5 Å². The Morgan fingerprint density at radius 2 is 2.00 bits per heavy atom. The maximum Gasteiger partial charge on any atom is 0.408 e. The molecule has 1 amide bonds. The highest BCUT2D eigenvalue weighted by Gasteiger charge is 2.31. The molecule has 2 rings (SSSR count). The predicted octanol–water partition coefficient (Wildman–Crippen LogP) is 2.93. The van der Waals surface area contributed by atoms with Gasteiger partial charge in [0.15, 0.2) is 11.6 Å². The van der Waals surface area contributed by atoms with Crippen molar-refractivity contribution in [2.24, 2.45) is 0 Å². The molecule has 0 spiro atoms. The van der Waals surface area contributed by atoms with Crippen LogP contribution in [0.15, 0.2) is 18.2 Å². The first kappa shape index (κ1) is 16.5. The summed E-state index contributed by atoms with van der Waals surface area (Å²) in [6.45, 7) is 5.18. The average Bonchev–Trinajstić information content (AvgIpc) is 2.47. The monoisotopic (exact) mass is 323 g/mol. The van der Waals surface area contributed by atoms with Gasteiger partial charge in [0.05, 0.1) is 6.04 Å². The third-order valence-corrected chi connectivity index (χ3v) is 3.44. The normalized spacial score (nSPS) is 18.5. The highest BCUT2D eigenvalue weighted by molar-refractivity contribution is 6.31. The highest BCUT2D eigenvalue weighted by Crippen LogP contribution is 2.23. The summed E-state index contributed by atoms with van der Waals surface area (Å²) in [6, 6.07) is 3.99. The lowest BCUT2D eigenvalue weighted by molar-refractivity contribution is -0.120. The van der Waals surface area contributed by atoms with Crippen molar-refractivity contribution in [2.45, 2.75) is 45.3 Å². The molecule has 22 heavy (non-hydrogen) atoms. The Balaban J connectivity index is 2.16. The molecule has 0 radical (unpaired) electrons. The number of ketones is 2. The fourth-order valence-corrected chi connectivity index (χ4v) is 2.44. The molecule has 1 atom stereocenters. The fourth-order valence-electron chi connectivity index (χ4n) is 2.26. The largest absolute Gasteiger partial charge is 0.444 e. The SMILES string of the molecule is CC(C)(C)OC(=O)NC1CC(=O)c2cc(Cl)ccc2CC1=O. The Labute approximate surface area is 134 Å². The van der Waals surface area contributed by atoms with E-state index in [4.69, 9.17) is 16.3 Å². The number of hydrogen-bond acceptors (Lipinski definition) is 4. The van der Waals surface area contributed by atoms with Crippen LogP contribution in [0.4, 0.5) is 4.79 Å². The van der Waals surface area contributed by atoms with E-state index in [0.717, 1.165) is 0 Å². The van der Waals surface area contributed by atoms with Crippen LogP contribution in [-0.2, 0) is 16.0 Å². The van der Waals surface area contributed by atoms with Crippen LogP contribution in [0, 0.1) is 0 Å². The van der Waals surface area contributed by atoms with Crippen molar-refractivity contribution in [2.75, 3.05) is 0 Å². The molecule has 1 unspecified atom stereocenters. The predicted molar refractivity (Wildman–Crippen MR) is 82.3 cm³/mol. The smallest absolute Gasteiger partial charge is 0.408 e. The number of carbonyl (C=O) groups excluding carboxylic acids is 3. The second kappa shape index (κ2) is 6.08. The van der Waals surface area contributed by atoms with Crippen molar-refractivity contribution in [1.29, 1.82) is 0 Å². The summed E-state index contributed by atoms with van der Waals surface area (Å²) in [5, 5.41) is 2.92. The van der Waals surface area contributed by atoms with E-state index in [9.17, 15) is 14.4 Å². The van der Waals surface area contributed by atoms with Gasteiger partial charge in [0.2, 0.25) is 0 Å². The summed E-state index contributed by atoms with van der Waals surface area (Å²) >= 11 is 5.90. The Kier molecular flexibility index (Phi) is 4.56. The molecule has 1 aromatic rings. The van der Waals surface area contributed by atoms with E-state index < -0.39 is 17.7 Å². The number of amides is 1. The molecular formula is C16H18ClNO4. The lowest BCUT2D eigenvalue weighted by Crippen LogP contribution is -2.44. The van der Waals surface area contributed by atoms with Crippen LogP contribution < -0.4 is 5.32 Å². The number of carbonyl (C=O) groups is 3. The van der Waals surface area contributed by atoms with Crippen LogP contribution in [0.5, 0.6) is 0 Å². The van der Waals surface area contributed by atoms with Gasteiger partial charge in [-0.15, -0.1) is 0 Å². The number of ether oxygens (including phenoxy) is 1. The summed E-state index contributed by atoms with van der Waals surface area (Å²) in [5.41, 5.74) is 0.403. The first-order valence-electron chi connectivity index (χ1n) is 6.99. The van der Waals surface area contributed by atoms with Crippen LogP contribution in [0.25, 0.3) is 0 Å².